The van der Waals surface area contributed by atoms with Crippen LogP contribution < -0.4 is 15.8 Å². The minimum Gasteiger partial charge on any atom is -0.483 e. The second-order valence-corrected chi connectivity index (χ2v) is 6.46. The average Bonchev–Trinajstić information content (AvgIpc) is 2.36. The van der Waals surface area contributed by atoms with E-state index in [0.717, 1.165) is 16.5 Å². The Bertz CT molecular complexity index is 473. The Balaban J connectivity index is 2.68. The van der Waals surface area contributed by atoms with E-state index >= 15 is 0 Å². The van der Waals surface area contributed by atoms with Gasteiger partial charge in [0.15, 0.2) is 6.61 Å². The van der Waals surface area contributed by atoms with Crippen molar-refractivity contribution in [2.75, 3.05) is 6.61 Å². The molecule has 0 spiro atoms. The average molecular weight is 343 g/mol. The summed E-state index contributed by atoms with van der Waals surface area (Å²) >= 11 is 3.40. The van der Waals surface area contributed by atoms with E-state index in [-0.39, 0.29) is 24.1 Å². The summed E-state index contributed by atoms with van der Waals surface area (Å²) in [5.41, 5.74) is 6.57. The molecule has 0 aromatic heterocycles. The number of carbonyl (C=O) groups excluding carboxylic acids is 1. The normalized spacial score (nSPS) is 12.9. The van der Waals surface area contributed by atoms with Gasteiger partial charge < -0.3 is 15.8 Å². The Morgan fingerprint density at radius 2 is 2.15 bits per heavy atom. The first-order valence-corrected chi connectivity index (χ1v) is 7.53. The summed E-state index contributed by atoms with van der Waals surface area (Å²) in [6.45, 7) is 7.87. The zero-order valence-corrected chi connectivity index (χ0v) is 14.1. The molecule has 0 fully saturated rings. The van der Waals surface area contributed by atoms with Crippen molar-refractivity contribution in [3.8, 4) is 5.75 Å². The third-order valence-electron chi connectivity index (χ3n) is 3.18. The highest BCUT2D eigenvalue weighted by Crippen LogP contribution is 2.27. The molecule has 3 N–H and O–H groups in total. The van der Waals surface area contributed by atoms with Gasteiger partial charge in [0.05, 0.1) is 0 Å². The Hall–Kier alpha value is -1.07. The number of nitrogens with one attached hydrogen (secondary N) is 1. The van der Waals surface area contributed by atoms with Gasteiger partial charge in [-0.15, -0.1) is 0 Å². The molecule has 112 valence electrons. The summed E-state index contributed by atoms with van der Waals surface area (Å²) in [4.78, 5) is 11.9. The number of hydrogen-bond donors (Lipinski definition) is 2. The van der Waals surface area contributed by atoms with Gasteiger partial charge in [0.25, 0.3) is 5.91 Å². The van der Waals surface area contributed by atoms with Crippen LogP contribution in [0.15, 0.2) is 22.7 Å². The Labute approximate surface area is 129 Å². The molecule has 1 rings (SSSR count). The van der Waals surface area contributed by atoms with Gasteiger partial charge in [0, 0.05) is 21.6 Å². The van der Waals surface area contributed by atoms with Crippen LogP contribution in [0.2, 0.25) is 0 Å². The van der Waals surface area contributed by atoms with E-state index in [1.54, 1.807) is 0 Å². The van der Waals surface area contributed by atoms with E-state index in [1.807, 2.05) is 45.9 Å². The lowest BCUT2D eigenvalue weighted by Gasteiger charge is -2.24. The van der Waals surface area contributed by atoms with Crippen LogP contribution in [0.5, 0.6) is 5.75 Å². The molecule has 0 radical (unpaired) electrons. The maximum Gasteiger partial charge on any atom is 0.258 e. The molecular formula is C15H23BrN2O2. The predicted molar refractivity (Wildman–Crippen MR) is 84.8 cm³/mol. The molecular weight excluding hydrogens is 320 g/mol. The highest BCUT2D eigenvalue weighted by molar-refractivity contribution is 9.10. The van der Waals surface area contributed by atoms with Crippen LogP contribution in [-0.4, -0.2) is 18.1 Å². The summed E-state index contributed by atoms with van der Waals surface area (Å²) in [7, 11) is 0. The molecule has 0 bridgehead atoms. The van der Waals surface area contributed by atoms with E-state index in [2.05, 4.69) is 21.2 Å². The van der Waals surface area contributed by atoms with Crippen molar-refractivity contribution in [2.24, 2.45) is 5.73 Å². The molecule has 1 atom stereocenters. The fourth-order valence-electron chi connectivity index (χ4n) is 1.65. The molecule has 0 saturated carbocycles. The van der Waals surface area contributed by atoms with Crippen LogP contribution in [0.4, 0.5) is 0 Å². The third kappa shape index (κ3) is 5.13. The number of benzene rings is 1. The molecule has 1 amide bonds. The number of carbonyl (C=O) groups is 1. The molecule has 0 heterocycles. The second-order valence-electron chi connectivity index (χ2n) is 5.55. The summed E-state index contributed by atoms with van der Waals surface area (Å²) in [6.07, 6.45) is 0.863. The Morgan fingerprint density at radius 1 is 1.50 bits per heavy atom. The van der Waals surface area contributed by atoms with Crippen molar-refractivity contribution in [1.29, 1.82) is 0 Å². The highest BCUT2D eigenvalue weighted by atomic mass is 79.9. The maximum atomic E-state index is 11.9. The minimum absolute atomic E-state index is 0.00914. The van der Waals surface area contributed by atoms with Crippen LogP contribution in [-0.2, 0) is 4.79 Å². The highest BCUT2D eigenvalue weighted by Gasteiger charge is 2.18. The van der Waals surface area contributed by atoms with Crippen molar-refractivity contribution >= 4 is 21.8 Å². The molecule has 0 aliphatic heterocycles. The molecule has 20 heavy (non-hydrogen) atoms. The molecule has 0 unspecified atom stereocenters. The summed E-state index contributed by atoms with van der Waals surface area (Å²) in [6, 6.07) is 5.45. The van der Waals surface area contributed by atoms with Gasteiger partial charge in [-0.1, -0.05) is 22.9 Å². The first-order chi connectivity index (χ1) is 9.25. The zero-order valence-electron chi connectivity index (χ0n) is 12.5. The first kappa shape index (κ1) is 17.0. The monoisotopic (exact) mass is 342 g/mol. The number of ether oxygens (including phenoxy) is 1. The SMILES string of the molecule is CCC(C)(C)NC(=O)COc1ccc(Br)cc1[C@H](C)N. The van der Waals surface area contributed by atoms with Gasteiger partial charge in [0.1, 0.15) is 5.75 Å². The standard InChI is InChI=1S/C15H23BrN2O2/c1-5-15(3,4)18-14(19)9-20-13-7-6-11(16)8-12(13)10(2)17/h6-8,10H,5,9,17H2,1-4H3,(H,18,19)/t10-/m0/s1. The third-order valence-corrected chi connectivity index (χ3v) is 3.68. The van der Waals surface area contributed by atoms with Crippen molar-refractivity contribution in [1.82, 2.24) is 5.32 Å². The topological polar surface area (TPSA) is 64.3 Å². The number of rotatable bonds is 6. The number of nitrogens with two attached hydrogens (primary N) is 1. The van der Waals surface area contributed by atoms with E-state index in [9.17, 15) is 4.79 Å². The summed E-state index contributed by atoms with van der Waals surface area (Å²) < 4.78 is 6.53. The molecule has 1 aromatic carbocycles. The van der Waals surface area contributed by atoms with Crippen LogP contribution in [0.25, 0.3) is 0 Å². The molecule has 4 nitrogen and oxygen atoms in total. The van der Waals surface area contributed by atoms with Crippen LogP contribution in [0.3, 0.4) is 0 Å². The largest absolute Gasteiger partial charge is 0.483 e. The van der Waals surface area contributed by atoms with Crippen molar-refractivity contribution in [3.05, 3.63) is 28.2 Å². The van der Waals surface area contributed by atoms with Crippen LogP contribution >= 0.6 is 15.9 Å². The molecule has 0 aliphatic rings. The van der Waals surface area contributed by atoms with E-state index < -0.39 is 0 Å². The fourth-order valence-corrected chi connectivity index (χ4v) is 2.03. The lowest BCUT2D eigenvalue weighted by Crippen LogP contribution is -2.44. The summed E-state index contributed by atoms with van der Waals surface area (Å²) in [5, 5.41) is 2.93. The van der Waals surface area contributed by atoms with Crippen molar-refractivity contribution < 1.29 is 9.53 Å². The Kier molecular flexibility index (Phi) is 6.02. The van der Waals surface area contributed by atoms with E-state index in [1.165, 1.54) is 0 Å². The van der Waals surface area contributed by atoms with Gasteiger partial charge in [-0.05, 0) is 45.4 Å². The number of halogens is 1. The van der Waals surface area contributed by atoms with Gasteiger partial charge in [-0.25, -0.2) is 0 Å². The lowest BCUT2D eigenvalue weighted by atomic mass is 10.0. The maximum absolute atomic E-state index is 11.9. The number of amides is 1. The molecule has 1 aromatic rings. The zero-order chi connectivity index (χ0) is 15.3. The van der Waals surface area contributed by atoms with E-state index in [4.69, 9.17) is 10.5 Å². The number of hydrogen-bond acceptors (Lipinski definition) is 3. The molecule has 5 heteroatoms. The summed E-state index contributed by atoms with van der Waals surface area (Å²) in [5.74, 6) is 0.517. The van der Waals surface area contributed by atoms with Gasteiger partial charge in [-0.3, -0.25) is 4.79 Å². The van der Waals surface area contributed by atoms with Crippen molar-refractivity contribution in [3.63, 3.8) is 0 Å². The smallest absolute Gasteiger partial charge is 0.258 e. The Morgan fingerprint density at radius 3 is 2.70 bits per heavy atom. The minimum atomic E-state index is -0.218. The van der Waals surface area contributed by atoms with Crippen LogP contribution in [0.1, 0.15) is 45.7 Å². The fraction of sp³-hybridized carbons (Fsp3) is 0.533. The lowest BCUT2D eigenvalue weighted by molar-refractivity contribution is -0.124. The quantitative estimate of drug-likeness (QED) is 0.834. The molecule has 0 aliphatic carbocycles. The van der Waals surface area contributed by atoms with Crippen molar-refractivity contribution in [2.45, 2.75) is 45.7 Å². The van der Waals surface area contributed by atoms with Gasteiger partial charge >= 0.3 is 0 Å². The first-order valence-electron chi connectivity index (χ1n) is 6.74. The molecule has 0 saturated heterocycles. The van der Waals surface area contributed by atoms with Gasteiger partial charge in [0.2, 0.25) is 0 Å². The van der Waals surface area contributed by atoms with Crippen LogP contribution in [0, 0.1) is 0 Å². The van der Waals surface area contributed by atoms with E-state index in [0.29, 0.717) is 5.75 Å². The second kappa shape index (κ2) is 7.09. The predicted octanol–water partition coefficient (Wildman–Crippen LogP) is 3.15. The van der Waals surface area contributed by atoms with Gasteiger partial charge in [-0.2, -0.15) is 0 Å².